The lowest BCUT2D eigenvalue weighted by Crippen LogP contribution is -2.44. The SMILES string of the molecule is C=C/C(=C\N(C)C)c1cccc(-c2ncc(/C(C=NC)=C/C(=C)C)c(NC3CC(N)C3)n2)c1. The summed E-state index contributed by atoms with van der Waals surface area (Å²) in [6.07, 6.45) is 11.4. The molecule has 1 aromatic carbocycles. The second kappa shape index (κ2) is 10.9. The highest BCUT2D eigenvalue weighted by atomic mass is 15.1. The zero-order chi connectivity index (χ0) is 24.0. The summed E-state index contributed by atoms with van der Waals surface area (Å²) in [5.41, 5.74) is 11.8. The number of anilines is 1. The van der Waals surface area contributed by atoms with Crippen LogP contribution in [0, 0.1) is 0 Å². The molecule has 1 heterocycles. The van der Waals surface area contributed by atoms with Crippen molar-refractivity contribution in [3.05, 3.63) is 78.7 Å². The van der Waals surface area contributed by atoms with Gasteiger partial charge in [-0.1, -0.05) is 49.1 Å². The van der Waals surface area contributed by atoms with Crippen molar-refractivity contribution in [2.45, 2.75) is 31.8 Å². The molecule has 1 fully saturated rings. The van der Waals surface area contributed by atoms with Crippen molar-refractivity contribution in [3.63, 3.8) is 0 Å². The van der Waals surface area contributed by atoms with E-state index >= 15 is 0 Å². The largest absolute Gasteiger partial charge is 0.383 e. The molecule has 1 saturated carbocycles. The van der Waals surface area contributed by atoms with Gasteiger partial charge in [0.05, 0.1) is 0 Å². The summed E-state index contributed by atoms with van der Waals surface area (Å²) in [5.74, 6) is 1.44. The van der Waals surface area contributed by atoms with E-state index in [0.29, 0.717) is 11.9 Å². The van der Waals surface area contributed by atoms with Crippen molar-refractivity contribution < 1.29 is 0 Å². The Kier molecular flexibility index (Phi) is 7.96. The summed E-state index contributed by atoms with van der Waals surface area (Å²) in [5, 5.41) is 3.58. The van der Waals surface area contributed by atoms with Crippen LogP contribution in [0.25, 0.3) is 22.5 Å². The smallest absolute Gasteiger partial charge is 0.161 e. The van der Waals surface area contributed by atoms with Crippen LogP contribution in [0.2, 0.25) is 0 Å². The summed E-state index contributed by atoms with van der Waals surface area (Å²) in [6.45, 7) is 9.94. The number of aliphatic imine (C=N–C) groups is 1. The molecule has 6 nitrogen and oxygen atoms in total. The molecule has 172 valence electrons. The Labute approximate surface area is 197 Å². The highest BCUT2D eigenvalue weighted by Crippen LogP contribution is 2.30. The third kappa shape index (κ3) is 6.26. The van der Waals surface area contributed by atoms with Crippen LogP contribution in [-0.4, -0.2) is 54.3 Å². The number of aromatic nitrogens is 2. The molecule has 3 rings (SSSR count). The van der Waals surface area contributed by atoms with Gasteiger partial charge in [0, 0.05) is 68.5 Å². The van der Waals surface area contributed by atoms with Gasteiger partial charge in [0.2, 0.25) is 0 Å². The summed E-state index contributed by atoms with van der Waals surface area (Å²) < 4.78 is 0. The number of allylic oxidation sites excluding steroid dienone is 5. The maximum absolute atomic E-state index is 6.01. The maximum Gasteiger partial charge on any atom is 0.161 e. The lowest BCUT2D eigenvalue weighted by atomic mass is 9.87. The van der Waals surface area contributed by atoms with Crippen LogP contribution in [0.1, 0.15) is 30.9 Å². The average molecular weight is 443 g/mol. The number of benzene rings is 1. The molecule has 3 N–H and O–H groups in total. The normalized spacial score (nSPS) is 18.7. The van der Waals surface area contributed by atoms with Gasteiger partial charge in [-0.05, 0) is 37.0 Å². The van der Waals surface area contributed by atoms with Crippen molar-refractivity contribution in [3.8, 4) is 11.4 Å². The van der Waals surface area contributed by atoms with E-state index in [9.17, 15) is 0 Å². The fourth-order valence-corrected chi connectivity index (χ4v) is 3.77. The Morgan fingerprint density at radius 2 is 2.03 bits per heavy atom. The zero-order valence-corrected chi connectivity index (χ0v) is 20.0. The van der Waals surface area contributed by atoms with Crippen molar-refractivity contribution in [1.29, 1.82) is 0 Å². The van der Waals surface area contributed by atoms with E-state index in [-0.39, 0.29) is 6.04 Å². The molecule has 2 aromatic rings. The summed E-state index contributed by atoms with van der Waals surface area (Å²) in [7, 11) is 5.74. The predicted molar refractivity (Wildman–Crippen MR) is 141 cm³/mol. The van der Waals surface area contributed by atoms with Gasteiger partial charge in [0.25, 0.3) is 0 Å². The van der Waals surface area contributed by atoms with Gasteiger partial charge in [-0.3, -0.25) is 4.99 Å². The molecule has 0 unspecified atom stereocenters. The Balaban J connectivity index is 2.06. The lowest BCUT2D eigenvalue weighted by molar-refractivity contribution is 0.373. The molecule has 0 radical (unpaired) electrons. The van der Waals surface area contributed by atoms with Crippen LogP contribution in [0.15, 0.2) is 72.5 Å². The average Bonchev–Trinajstić information content (AvgIpc) is 2.76. The van der Waals surface area contributed by atoms with E-state index in [0.717, 1.165) is 52.1 Å². The van der Waals surface area contributed by atoms with Gasteiger partial charge < -0.3 is 16.0 Å². The Morgan fingerprint density at radius 3 is 2.64 bits per heavy atom. The van der Waals surface area contributed by atoms with E-state index in [2.05, 4.69) is 35.6 Å². The molecule has 0 aliphatic heterocycles. The van der Waals surface area contributed by atoms with Crippen molar-refractivity contribution in [2.24, 2.45) is 10.7 Å². The van der Waals surface area contributed by atoms with Crippen LogP contribution in [-0.2, 0) is 0 Å². The topological polar surface area (TPSA) is 79.4 Å². The van der Waals surface area contributed by atoms with Crippen molar-refractivity contribution in [1.82, 2.24) is 14.9 Å². The first-order valence-electron chi connectivity index (χ1n) is 11.1. The standard InChI is InChI=1S/C27H34N6/c1-7-19(17-33(5)6)20-9-8-10-21(12-20)26-30-16-25(22(15-29-4)11-18(2)3)27(32-26)31-24-13-23(28)14-24/h7-12,15-17,23-24H,1-2,13-14,28H2,3-6H3,(H,30,31,32)/b19-17+,22-11+,29-15?. The molecule has 0 bridgehead atoms. The maximum atomic E-state index is 6.01. The quantitative estimate of drug-likeness (QED) is 0.431. The summed E-state index contributed by atoms with van der Waals surface area (Å²) >= 11 is 0. The number of nitrogens with zero attached hydrogens (tertiary/aromatic N) is 4. The van der Waals surface area contributed by atoms with Gasteiger partial charge >= 0.3 is 0 Å². The third-order valence-corrected chi connectivity index (χ3v) is 5.36. The molecule has 33 heavy (non-hydrogen) atoms. The molecule has 0 atom stereocenters. The Morgan fingerprint density at radius 1 is 1.27 bits per heavy atom. The highest BCUT2D eigenvalue weighted by molar-refractivity contribution is 6.12. The molecule has 1 aliphatic rings. The minimum atomic E-state index is 0.243. The lowest BCUT2D eigenvalue weighted by Gasteiger charge is -2.34. The van der Waals surface area contributed by atoms with Gasteiger partial charge in [0.1, 0.15) is 5.82 Å². The van der Waals surface area contributed by atoms with E-state index in [4.69, 9.17) is 15.7 Å². The number of hydrogen-bond donors (Lipinski definition) is 2. The fraction of sp³-hybridized carbons (Fsp3) is 0.296. The number of hydrogen-bond acceptors (Lipinski definition) is 6. The van der Waals surface area contributed by atoms with E-state index in [1.54, 1.807) is 7.05 Å². The summed E-state index contributed by atoms with van der Waals surface area (Å²) in [4.78, 5) is 15.9. The van der Waals surface area contributed by atoms with E-state index < -0.39 is 0 Å². The van der Waals surface area contributed by atoms with Gasteiger partial charge in [-0.2, -0.15) is 0 Å². The van der Waals surface area contributed by atoms with Crippen molar-refractivity contribution >= 4 is 23.2 Å². The number of nitrogens with one attached hydrogen (secondary N) is 1. The fourth-order valence-electron chi connectivity index (χ4n) is 3.77. The molecule has 0 saturated heterocycles. The monoisotopic (exact) mass is 442 g/mol. The first-order chi connectivity index (χ1) is 15.8. The number of nitrogens with two attached hydrogens (primary N) is 1. The molecule has 1 aromatic heterocycles. The number of rotatable bonds is 9. The zero-order valence-electron chi connectivity index (χ0n) is 20.0. The second-order valence-corrected chi connectivity index (χ2v) is 8.69. The Bertz CT molecular complexity index is 1100. The molecular formula is C27H34N6. The minimum absolute atomic E-state index is 0.243. The van der Waals surface area contributed by atoms with E-state index in [1.807, 2.05) is 68.8 Å². The van der Waals surface area contributed by atoms with Crippen LogP contribution in [0.3, 0.4) is 0 Å². The van der Waals surface area contributed by atoms with Crippen LogP contribution < -0.4 is 11.1 Å². The minimum Gasteiger partial charge on any atom is -0.383 e. The third-order valence-electron chi connectivity index (χ3n) is 5.36. The van der Waals surface area contributed by atoms with Crippen LogP contribution in [0.5, 0.6) is 0 Å². The second-order valence-electron chi connectivity index (χ2n) is 8.69. The van der Waals surface area contributed by atoms with Gasteiger partial charge in [-0.15, -0.1) is 0 Å². The highest BCUT2D eigenvalue weighted by Gasteiger charge is 2.27. The molecule has 6 heteroatoms. The van der Waals surface area contributed by atoms with Gasteiger partial charge in [0.15, 0.2) is 5.82 Å². The molecule has 0 spiro atoms. The van der Waals surface area contributed by atoms with E-state index in [1.165, 1.54) is 0 Å². The Hall–Kier alpha value is -3.51. The van der Waals surface area contributed by atoms with Gasteiger partial charge in [-0.25, -0.2) is 9.97 Å². The van der Waals surface area contributed by atoms with Crippen molar-refractivity contribution in [2.75, 3.05) is 26.5 Å². The first-order valence-corrected chi connectivity index (χ1v) is 11.1. The van der Waals surface area contributed by atoms with Crippen LogP contribution in [0.4, 0.5) is 5.82 Å². The molecule has 1 aliphatic carbocycles. The molecular weight excluding hydrogens is 408 g/mol. The predicted octanol–water partition coefficient (Wildman–Crippen LogP) is 4.79. The molecule has 0 amide bonds. The van der Waals surface area contributed by atoms with Crippen LogP contribution >= 0.6 is 0 Å². The first kappa shape index (κ1) is 24.1. The summed E-state index contributed by atoms with van der Waals surface area (Å²) in [6, 6.07) is 8.74.